The Morgan fingerprint density at radius 1 is 0.800 bits per heavy atom. The molecule has 0 spiro atoms. The zero-order chi connectivity index (χ0) is 28.5. The first kappa shape index (κ1) is 28.3. The van der Waals surface area contributed by atoms with Crippen molar-refractivity contribution in [2.24, 2.45) is 5.73 Å². The lowest BCUT2D eigenvalue weighted by Crippen LogP contribution is -2.30. The van der Waals surface area contributed by atoms with Crippen molar-refractivity contribution >= 4 is 64.2 Å². The highest BCUT2D eigenvalue weighted by Gasteiger charge is 2.17. The van der Waals surface area contributed by atoms with Gasteiger partial charge in [0, 0.05) is 32.3 Å². The van der Waals surface area contributed by atoms with Crippen molar-refractivity contribution in [3.05, 3.63) is 118 Å². The number of carbonyl (C=O) groups excluding carboxylic acids is 4. The van der Waals surface area contributed by atoms with Crippen molar-refractivity contribution in [1.29, 1.82) is 0 Å². The van der Waals surface area contributed by atoms with Crippen LogP contribution in [0.2, 0.25) is 0 Å². The monoisotopic (exact) mass is 570 g/mol. The zero-order valence-corrected chi connectivity index (χ0v) is 23.1. The maximum Gasteiger partial charge on any atom is 0.272 e. The fourth-order valence-electron chi connectivity index (χ4n) is 3.49. The van der Waals surface area contributed by atoms with E-state index in [4.69, 9.17) is 5.73 Å². The van der Waals surface area contributed by atoms with Crippen LogP contribution in [0.3, 0.4) is 0 Å². The van der Waals surface area contributed by atoms with Gasteiger partial charge in [0.15, 0.2) is 0 Å². The van der Waals surface area contributed by atoms with E-state index in [1.807, 2.05) is 23.6 Å². The van der Waals surface area contributed by atoms with E-state index < -0.39 is 17.1 Å². The van der Waals surface area contributed by atoms with Gasteiger partial charge in [0.2, 0.25) is 11.8 Å². The van der Waals surface area contributed by atoms with E-state index >= 15 is 0 Å². The molecule has 0 fully saturated rings. The molecule has 202 valence electrons. The minimum Gasteiger partial charge on any atom is -0.366 e. The van der Waals surface area contributed by atoms with Gasteiger partial charge >= 0.3 is 0 Å². The van der Waals surface area contributed by atoms with Crippen molar-refractivity contribution in [3.8, 4) is 0 Å². The number of benzene rings is 3. The third kappa shape index (κ3) is 7.92. The Balaban J connectivity index is 1.37. The molecule has 4 rings (SSSR count). The average molecular weight is 571 g/mol. The standard InChI is InChI=1S/C30H26N4O4S2/c1-19(28(36)32-22-11-9-20(10-12-22)27(31)35)40-24-15-13-23(14-16-24)33-30(38)26(18-25-8-5-17-39-25)34-29(37)21-6-3-2-4-7-21/h2-19H,1H3,(H2,31,35)(H,32,36)(H,33,38)(H,34,37)/b26-18-. The van der Waals surface area contributed by atoms with Gasteiger partial charge in [-0.1, -0.05) is 24.3 Å². The molecule has 0 aliphatic heterocycles. The van der Waals surface area contributed by atoms with Gasteiger partial charge in [-0.2, -0.15) is 0 Å². The molecular weight excluding hydrogens is 544 g/mol. The maximum atomic E-state index is 13.1. The Morgan fingerprint density at radius 3 is 2.08 bits per heavy atom. The summed E-state index contributed by atoms with van der Waals surface area (Å²) >= 11 is 2.80. The second-order valence-electron chi connectivity index (χ2n) is 8.56. The van der Waals surface area contributed by atoms with Crippen molar-refractivity contribution in [2.45, 2.75) is 17.1 Å². The van der Waals surface area contributed by atoms with Crippen LogP contribution in [0.1, 0.15) is 32.5 Å². The summed E-state index contributed by atoms with van der Waals surface area (Å²) in [5.74, 6) is -1.59. The molecule has 8 nitrogen and oxygen atoms in total. The highest BCUT2D eigenvalue weighted by molar-refractivity contribution is 8.00. The van der Waals surface area contributed by atoms with Gasteiger partial charge in [0.1, 0.15) is 5.70 Å². The van der Waals surface area contributed by atoms with E-state index in [1.165, 1.54) is 23.1 Å². The molecule has 0 aliphatic carbocycles. The van der Waals surface area contributed by atoms with Crippen LogP contribution in [0.4, 0.5) is 11.4 Å². The lowest BCUT2D eigenvalue weighted by Gasteiger charge is -2.13. The minimum absolute atomic E-state index is 0.115. The second-order valence-corrected chi connectivity index (χ2v) is 11.0. The Morgan fingerprint density at radius 2 is 1.45 bits per heavy atom. The molecule has 0 bridgehead atoms. The lowest BCUT2D eigenvalue weighted by atomic mass is 10.2. The fourth-order valence-corrected chi connectivity index (χ4v) is 5.02. The molecule has 40 heavy (non-hydrogen) atoms. The van der Waals surface area contributed by atoms with Gasteiger partial charge in [0.25, 0.3) is 11.8 Å². The molecule has 1 heterocycles. The molecule has 0 radical (unpaired) electrons. The summed E-state index contributed by atoms with van der Waals surface area (Å²) in [6.07, 6.45) is 1.63. The highest BCUT2D eigenvalue weighted by Crippen LogP contribution is 2.26. The SMILES string of the molecule is CC(Sc1ccc(NC(=O)/C(=C/c2cccs2)NC(=O)c2ccccc2)cc1)C(=O)Nc1ccc(C(N)=O)cc1. The van der Waals surface area contributed by atoms with Crippen LogP contribution in [-0.4, -0.2) is 28.9 Å². The number of hydrogen-bond acceptors (Lipinski definition) is 6. The van der Waals surface area contributed by atoms with Crippen LogP contribution in [-0.2, 0) is 9.59 Å². The summed E-state index contributed by atoms with van der Waals surface area (Å²) in [7, 11) is 0. The number of anilines is 2. The third-order valence-corrected chi connectivity index (χ3v) is 7.52. The zero-order valence-electron chi connectivity index (χ0n) is 21.4. The minimum atomic E-state index is -0.534. The van der Waals surface area contributed by atoms with E-state index in [2.05, 4.69) is 16.0 Å². The van der Waals surface area contributed by atoms with E-state index in [0.29, 0.717) is 22.5 Å². The van der Waals surface area contributed by atoms with Gasteiger partial charge in [-0.25, -0.2) is 0 Å². The predicted molar refractivity (Wildman–Crippen MR) is 160 cm³/mol. The molecule has 0 saturated carbocycles. The largest absolute Gasteiger partial charge is 0.366 e. The van der Waals surface area contributed by atoms with E-state index in [1.54, 1.807) is 85.8 Å². The van der Waals surface area contributed by atoms with Gasteiger partial charge in [-0.05, 0) is 85.1 Å². The number of nitrogens with two attached hydrogens (primary N) is 1. The Hall–Kier alpha value is -4.67. The molecule has 3 aromatic carbocycles. The lowest BCUT2D eigenvalue weighted by molar-refractivity contribution is -0.115. The molecule has 4 amide bonds. The van der Waals surface area contributed by atoms with Crippen LogP contribution in [0.15, 0.2) is 107 Å². The number of nitrogens with one attached hydrogen (secondary N) is 3. The predicted octanol–water partition coefficient (Wildman–Crippen LogP) is 5.38. The van der Waals surface area contributed by atoms with Crippen molar-refractivity contribution in [1.82, 2.24) is 5.32 Å². The van der Waals surface area contributed by atoms with Gasteiger partial charge in [-0.15, -0.1) is 23.1 Å². The van der Waals surface area contributed by atoms with E-state index in [-0.39, 0.29) is 17.5 Å². The number of rotatable bonds is 10. The average Bonchev–Trinajstić information content (AvgIpc) is 3.47. The smallest absolute Gasteiger partial charge is 0.272 e. The first-order valence-corrected chi connectivity index (χ1v) is 13.9. The number of hydrogen-bond donors (Lipinski definition) is 4. The second kappa shape index (κ2) is 13.4. The molecule has 0 saturated heterocycles. The number of amides is 4. The van der Waals surface area contributed by atoms with Crippen LogP contribution in [0.5, 0.6) is 0 Å². The molecule has 4 aromatic rings. The summed E-state index contributed by atoms with van der Waals surface area (Å²) < 4.78 is 0. The van der Waals surface area contributed by atoms with Crippen LogP contribution >= 0.6 is 23.1 Å². The molecule has 1 aromatic heterocycles. The summed E-state index contributed by atoms with van der Waals surface area (Å²) in [6.45, 7) is 1.78. The first-order chi connectivity index (χ1) is 19.3. The maximum absolute atomic E-state index is 13.1. The Kier molecular flexibility index (Phi) is 9.50. The van der Waals surface area contributed by atoms with Crippen LogP contribution in [0, 0.1) is 0 Å². The molecule has 0 aliphatic rings. The quantitative estimate of drug-likeness (QED) is 0.150. The first-order valence-electron chi connectivity index (χ1n) is 12.2. The number of thioether (sulfide) groups is 1. The third-order valence-electron chi connectivity index (χ3n) is 5.59. The Labute approximate surface area is 239 Å². The summed E-state index contributed by atoms with van der Waals surface area (Å²) in [5.41, 5.74) is 7.26. The fraction of sp³-hybridized carbons (Fsp3) is 0.0667. The summed E-state index contributed by atoms with van der Waals surface area (Å²) in [5, 5.41) is 9.83. The van der Waals surface area contributed by atoms with E-state index in [0.717, 1.165) is 9.77 Å². The summed E-state index contributed by atoms with van der Waals surface area (Å²) in [6, 6.07) is 25.8. The number of primary amides is 1. The van der Waals surface area contributed by atoms with Crippen LogP contribution in [0.25, 0.3) is 6.08 Å². The molecule has 5 N–H and O–H groups in total. The van der Waals surface area contributed by atoms with Gasteiger partial charge in [0.05, 0.1) is 5.25 Å². The molecular formula is C30H26N4O4S2. The van der Waals surface area contributed by atoms with Crippen molar-refractivity contribution in [3.63, 3.8) is 0 Å². The van der Waals surface area contributed by atoms with Gasteiger partial charge < -0.3 is 21.7 Å². The molecule has 10 heteroatoms. The van der Waals surface area contributed by atoms with Crippen LogP contribution < -0.4 is 21.7 Å². The molecule has 1 atom stereocenters. The Bertz CT molecular complexity index is 1520. The van der Waals surface area contributed by atoms with Crippen molar-refractivity contribution in [2.75, 3.05) is 10.6 Å². The van der Waals surface area contributed by atoms with E-state index in [9.17, 15) is 19.2 Å². The highest BCUT2D eigenvalue weighted by atomic mass is 32.2. The summed E-state index contributed by atoms with van der Waals surface area (Å²) in [4.78, 5) is 51.3. The topological polar surface area (TPSA) is 130 Å². The number of thiophene rings is 1. The molecule has 1 unspecified atom stereocenters. The van der Waals surface area contributed by atoms with Crippen molar-refractivity contribution < 1.29 is 19.2 Å². The number of carbonyl (C=O) groups is 4. The normalized spacial score (nSPS) is 11.8. The van der Waals surface area contributed by atoms with Gasteiger partial charge in [-0.3, -0.25) is 19.2 Å².